The SMILES string of the molecule is CN(C)c1cccc2c(N)nc(C3CCC3)n12. The third kappa shape index (κ3) is 1.47. The lowest BCUT2D eigenvalue weighted by atomic mass is 9.85. The van der Waals surface area contributed by atoms with E-state index in [2.05, 4.69) is 34.4 Å². The molecule has 1 saturated carbocycles. The molecule has 2 heterocycles. The molecule has 0 atom stereocenters. The number of hydrogen-bond acceptors (Lipinski definition) is 3. The fourth-order valence-electron chi connectivity index (χ4n) is 2.46. The summed E-state index contributed by atoms with van der Waals surface area (Å²) in [6.45, 7) is 0. The Morgan fingerprint density at radius 2 is 2.12 bits per heavy atom. The van der Waals surface area contributed by atoms with E-state index in [1.165, 1.54) is 19.3 Å². The second-order valence-corrected chi connectivity index (χ2v) is 4.98. The van der Waals surface area contributed by atoms with Crippen LogP contribution in [0.5, 0.6) is 0 Å². The minimum Gasteiger partial charge on any atom is -0.382 e. The van der Waals surface area contributed by atoms with E-state index in [0.29, 0.717) is 11.7 Å². The molecule has 17 heavy (non-hydrogen) atoms. The van der Waals surface area contributed by atoms with Gasteiger partial charge in [-0.1, -0.05) is 12.5 Å². The van der Waals surface area contributed by atoms with E-state index in [1.807, 2.05) is 12.1 Å². The fraction of sp³-hybridized carbons (Fsp3) is 0.462. The number of imidazole rings is 1. The Hall–Kier alpha value is -1.71. The Balaban J connectivity index is 2.27. The van der Waals surface area contributed by atoms with Crippen LogP contribution in [-0.4, -0.2) is 23.5 Å². The lowest BCUT2D eigenvalue weighted by Gasteiger charge is -2.25. The summed E-state index contributed by atoms with van der Waals surface area (Å²) in [5.41, 5.74) is 7.04. The van der Waals surface area contributed by atoms with Gasteiger partial charge in [0, 0.05) is 20.0 Å². The average molecular weight is 230 g/mol. The van der Waals surface area contributed by atoms with Gasteiger partial charge in [-0.3, -0.25) is 4.40 Å². The monoisotopic (exact) mass is 230 g/mol. The molecule has 2 aromatic heterocycles. The van der Waals surface area contributed by atoms with E-state index in [9.17, 15) is 0 Å². The van der Waals surface area contributed by atoms with Crippen molar-refractivity contribution in [2.45, 2.75) is 25.2 Å². The van der Waals surface area contributed by atoms with Crippen molar-refractivity contribution >= 4 is 17.2 Å². The quantitative estimate of drug-likeness (QED) is 0.860. The molecule has 1 aliphatic carbocycles. The summed E-state index contributed by atoms with van der Waals surface area (Å²) in [6, 6.07) is 6.18. The Morgan fingerprint density at radius 1 is 1.35 bits per heavy atom. The number of aromatic nitrogens is 2. The minimum atomic E-state index is 0.584. The second kappa shape index (κ2) is 3.65. The first kappa shape index (κ1) is 10.4. The van der Waals surface area contributed by atoms with Gasteiger partial charge in [-0.05, 0) is 25.0 Å². The summed E-state index contributed by atoms with van der Waals surface area (Å²) >= 11 is 0. The van der Waals surface area contributed by atoms with E-state index in [4.69, 9.17) is 5.73 Å². The number of nitrogens with two attached hydrogens (primary N) is 1. The highest BCUT2D eigenvalue weighted by molar-refractivity contribution is 5.70. The zero-order valence-electron chi connectivity index (χ0n) is 10.3. The van der Waals surface area contributed by atoms with E-state index >= 15 is 0 Å². The fourth-order valence-corrected chi connectivity index (χ4v) is 2.46. The van der Waals surface area contributed by atoms with Gasteiger partial charge < -0.3 is 10.6 Å². The van der Waals surface area contributed by atoms with Crippen molar-refractivity contribution < 1.29 is 0 Å². The number of nitrogen functional groups attached to an aromatic ring is 1. The summed E-state index contributed by atoms with van der Waals surface area (Å²) in [7, 11) is 4.10. The van der Waals surface area contributed by atoms with Crippen LogP contribution in [-0.2, 0) is 0 Å². The summed E-state index contributed by atoms with van der Waals surface area (Å²) in [4.78, 5) is 6.68. The second-order valence-electron chi connectivity index (χ2n) is 4.98. The maximum absolute atomic E-state index is 6.01. The molecule has 0 spiro atoms. The maximum Gasteiger partial charge on any atom is 0.149 e. The molecule has 0 aliphatic heterocycles. The molecule has 90 valence electrons. The van der Waals surface area contributed by atoms with Crippen molar-refractivity contribution in [3.63, 3.8) is 0 Å². The molecule has 0 saturated heterocycles. The van der Waals surface area contributed by atoms with Gasteiger partial charge in [0.15, 0.2) is 0 Å². The Morgan fingerprint density at radius 3 is 2.71 bits per heavy atom. The number of pyridine rings is 1. The molecule has 1 fully saturated rings. The number of anilines is 2. The molecular weight excluding hydrogens is 212 g/mol. The third-order valence-corrected chi connectivity index (χ3v) is 3.62. The number of hydrogen-bond donors (Lipinski definition) is 1. The smallest absolute Gasteiger partial charge is 0.149 e. The summed E-state index contributed by atoms with van der Waals surface area (Å²) < 4.78 is 2.21. The summed E-state index contributed by atoms with van der Waals surface area (Å²) in [6.07, 6.45) is 3.78. The molecule has 2 aromatic rings. The van der Waals surface area contributed by atoms with Gasteiger partial charge in [0.1, 0.15) is 17.5 Å². The molecule has 0 amide bonds. The first-order valence-corrected chi connectivity index (χ1v) is 6.12. The van der Waals surface area contributed by atoms with Crippen molar-refractivity contribution in [2.75, 3.05) is 24.7 Å². The molecule has 0 radical (unpaired) electrons. The van der Waals surface area contributed by atoms with Crippen molar-refractivity contribution in [2.24, 2.45) is 0 Å². The van der Waals surface area contributed by atoms with Crippen LogP contribution in [0, 0.1) is 0 Å². The van der Waals surface area contributed by atoms with Crippen LogP contribution in [0.1, 0.15) is 31.0 Å². The largest absolute Gasteiger partial charge is 0.382 e. The molecule has 0 bridgehead atoms. The molecule has 3 rings (SSSR count). The van der Waals surface area contributed by atoms with Crippen LogP contribution >= 0.6 is 0 Å². The summed E-state index contributed by atoms with van der Waals surface area (Å²) in [5, 5.41) is 0. The van der Waals surface area contributed by atoms with Crippen LogP contribution in [0.3, 0.4) is 0 Å². The van der Waals surface area contributed by atoms with Gasteiger partial charge >= 0.3 is 0 Å². The number of fused-ring (bicyclic) bond motifs is 1. The van der Waals surface area contributed by atoms with Crippen molar-refractivity contribution in [3.8, 4) is 0 Å². The normalized spacial score (nSPS) is 16.1. The number of rotatable bonds is 2. The van der Waals surface area contributed by atoms with Gasteiger partial charge in [-0.15, -0.1) is 0 Å². The van der Waals surface area contributed by atoms with Crippen LogP contribution in [0.25, 0.3) is 5.52 Å². The Bertz CT molecular complexity index is 552. The van der Waals surface area contributed by atoms with E-state index in [-0.39, 0.29) is 0 Å². The van der Waals surface area contributed by atoms with Crippen LogP contribution in [0.2, 0.25) is 0 Å². The summed E-state index contributed by atoms with van der Waals surface area (Å²) in [5.74, 6) is 3.51. The van der Waals surface area contributed by atoms with E-state index < -0.39 is 0 Å². The predicted octanol–water partition coefficient (Wildman–Crippen LogP) is 2.25. The van der Waals surface area contributed by atoms with E-state index in [1.54, 1.807) is 0 Å². The topological polar surface area (TPSA) is 46.6 Å². The highest BCUT2D eigenvalue weighted by Gasteiger charge is 2.26. The van der Waals surface area contributed by atoms with Crippen molar-refractivity contribution in [3.05, 3.63) is 24.0 Å². The molecule has 4 heteroatoms. The van der Waals surface area contributed by atoms with Crippen molar-refractivity contribution in [1.82, 2.24) is 9.38 Å². The van der Waals surface area contributed by atoms with Gasteiger partial charge in [-0.25, -0.2) is 4.98 Å². The van der Waals surface area contributed by atoms with Gasteiger partial charge in [0.2, 0.25) is 0 Å². The van der Waals surface area contributed by atoms with E-state index in [0.717, 1.165) is 17.2 Å². The standard InChI is InChI=1S/C13H18N4/c1-16(2)11-8-4-7-10-12(14)15-13(17(10)11)9-5-3-6-9/h4,7-9H,3,5-6,14H2,1-2H3. The number of nitrogens with zero attached hydrogens (tertiary/aromatic N) is 3. The zero-order valence-corrected chi connectivity index (χ0v) is 10.3. The minimum absolute atomic E-state index is 0.584. The molecular formula is C13H18N4. The lowest BCUT2D eigenvalue weighted by Crippen LogP contribution is -2.17. The highest BCUT2D eigenvalue weighted by Crippen LogP contribution is 2.38. The molecule has 4 nitrogen and oxygen atoms in total. The van der Waals surface area contributed by atoms with Gasteiger partial charge in [0.25, 0.3) is 0 Å². The zero-order chi connectivity index (χ0) is 12.0. The van der Waals surface area contributed by atoms with Gasteiger partial charge in [-0.2, -0.15) is 0 Å². The van der Waals surface area contributed by atoms with Crippen LogP contribution < -0.4 is 10.6 Å². The van der Waals surface area contributed by atoms with Crippen LogP contribution in [0.4, 0.5) is 11.6 Å². The van der Waals surface area contributed by atoms with Crippen molar-refractivity contribution in [1.29, 1.82) is 0 Å². The maximum atomic E-state index is 6.01. The van der Waals surface area contributed by atoms with Gasteiger partial charge in [0.05, 0.1) is 5.52 Å². The predicted molar refractivity (Wildman–Crippen MR) is 70.5 cm³/mol. The molecule has 1 aliphatic rings. The molecule has 0 aromatic carbocycles. The average Bonchev–Trinajstić information content (AvgIpc) is 2.54. The first-order valence-electron chi connectivity index (χ1n) is 6.12. The Labute approximate surface area is 101 Å². The first-order chi connectivity index (χ1) is 8.18. The highest BCUT2D eigenvalue weighted by atomic mass is 15.2. The van der Waals surface area contributed by atoms with Crippen LogP contribution in [0.15, 0.2) is 18.2 Å². The third-order valence-electron chi connectivity index (χ3n) is 3.62. The molecule has 2 N–H and O–H groups in total. The molecule has 0 unspecified atom stereocenters. The Kier molecular flexibility index (Phi) is 2.24. The lowest BCUT2D eigenvalue weighted by molar-refractivity contribution is 0.400.